The van der Waals surface area contributed by atoms with Crippen LogP contribution in [0.25, 0.3) is 0 Å². The van der Waals surface area contributed by atoms with Crippen molar-refractivity contribution in [3.05, 3.63) is 22.7 Å². The largest absolute Gasteiger partial charge is 0.495 e. The highest BCUT2D eigenvalue weighted by molar-refractivity contribution is 7.89. The van der Waals surface area contributed by atoms with Crippen LogP contribution in [0.2, 0.25) is 5.02 Å². The smallest absolute Gasteiger partial charge is 0.246 e. The van der Waals surface area contributed by atoms with E-state index < -0.39 is 10.0 Å². The molecule has 0 fully saturated rings. The molecule has 0 aliphatic rings. The van der Waals surface area contributed by atoms with E-state index in [1.165, 1.54) is 27.3 Å². The maximum atomic E-state index is 12.1. The second kappa shape index (κ2) is 5.22. The minimum Gasteiger partial charge on any atom is -0.495 e. The minimum absolute atomic E-state index is 0.0259. The summed E-state index contributed by atoms with van der Waals surface area (Å²) in [5, 5.41) is 0.312. The van der Waals surface area contributed by atoms with Gasteiger partial charge < -0.3 is 10.5 Å². The lowest BCUT2D eigenvalue weighted by Gasteiger charge is -2.17. The number of sulfonamides is 1. The Morgan fingerprint density at radius 2 is 2.00 bits per heavy atom. The summed E-state index contributed by atoms with van der Waals surface area (Å²) < 4.78 is 30.4. The fraction of sp³-hybridized carbons (Fsp3) is 0.400. The zero-order valence-corrected chi connectivity index (χ0v) is 11.5. The van der Waals surface area contributed by atoms with E-state index in [4.69, 9.17) is 22.1 Å². The lowest BCUT2D eigenvalue weighted by atomic mass is 10.2. The van der Waals surface area contributed by atoms with Crippen LogP contribution in [0, 0.1) is 0 Å². The first-order chi connectivity index (χ1) is 7.84. The van der Waals surface area contributed by atoms with Crippen molar-refractivity contribution in [2.24, 2.45) is 5.73 Å². The third-order valence-electron chi connectivity index (χ3n) is 2.28. The van der Waals surface area contributed by atoms with Crippen molar-refractivity contribution in [3.8, 4) is 5.75 Å². The molecule has 0 heterocycles. The summed E-state index contributed by atoms with van der Waals surface area (Å²) in [5.74, 6) is 0.241. The van der Waals surface area contributed by atoms with Gasteiger partial charge >= 0.3 is 0 Å². The molecule has 5 nitrogen and oxygen atoms in total. The Morgan fingerprint density at radius 1 is 1.41 bits per heavy atom. The predicted molar refractivity (Wildman–Crippen MR) is 66.8 cm³/mol. The zero-order chi connectivity index (χ0) is 13.2. The average molecular weight is 279 g/mol. The summed E-state index contributed by atoms with van der Waals surface area (Å²) >= 11 is 5.87. The van der Waals surface area contributed by atoms with E-state index in [2.05, 4.69) is 0 Å². The van der Waals surface area contributed by atoms with Crippen LogP contribution in [0.5, 0.6) is 5.75 Å². The van der Waals surface area contributed by atoms with Crippen LogP contribution >= 0.6 is 11.6 Å². The van der Waals surface area contributed by atoms with Crippen molar-refractivity contribution < 1.29 is 13.2 Å². The molecule has 0 spiro atoms. The fourth-order valence-electron chi connectivity index (χ4n) is 1.39. The lowest BCUT2D eigenvalue weighted by molar-refractivity contribution is 0.395. The SMILES string of the molecule is COc1c(CN)cc(Cl)cc1S(=O)(=O)N(C)C. The monoisotopic (exact) mass is 278 g/mol. The Kier molecular flexibility index (Phi) is 4.37. The molecule has 1 aromatic carbocycles. The number of hydrogen-bond donors (Lipinski definition) is 1. The van der Waals surface area contributed by atoms with E-state index in [-0.39, 0.29) is 17.2 Å². The van der Waals surface area contributed by atoms with Crippen molar-refractivity contribution in [1.29, 1.82) is 0 Å². The summed E-state index contributed by atoms with van der Waals surface area (Å²) in [7, 11) is 0.678. The van der Waals surface area contributed by atoms with Gasteiger partial charge in [0.25, 0.3) is 0 Å². The molecule has 0 aliphatic heterocycles. The van der Waals surface area contributed by atoms with Crippen LogP contribution in [0.4, 0.5) is 0 Å². The van der Waals surface area contributed by atoms with Crippen LogP contribution in [-0.4, -0.2) is 33.9 Å². The normalized spacial score (nSPS) is 11.9. The maximum absolute atomic E-state index is 12.1. The number of nitrogens with zero attached hydrogens (tertiary/aromatic N) is 1. The van der Waals surface area contributed by atoms with Crippen LogP contribution in [0.15, 0.2) is 17.0 Å². The first-order valence-corrected chi connectivity index (χ1v) is 6.65. The zero-order valence-electron chi connectivity index (χ0n) is 9.90. The van der Waals surface area contributed by atoms with Crippen molar-refractivity contribution >= 4 is 21.6 Å². The van der Waals surface area contributed by atoms with E-state index in [9.17, 15) is 8.42 Å². The van der Waals surface area contributed by atoms with Crippen molar-refractivity contribution in [2.75, 3.05) is 21.2 Å². The summed E-state index contributed by atoms with van der Waals surface area (Å²) in [5.41, 5.74) is 6.09. The van der Waals surface area contributed by atoms with E-state index in [1.54, 1.807) is 6.07 Å². The van der Waals surface area contributed by atoms with Gasteiger partial charge in [0.1, 0.15) is 10.6 Å². The average Bonchev–Trinajstić information content (AvgIpc) is 2.27. The highest BCUT2D eigenvalue weighted by Gasteiger charge is 2.24. The van der Waals surface area contributed by atoms with Crippen LogP contribution in [-0.2, 0) is 16.6 Å². The quantitative estimate of drug-likeness (QED) is 0.894. The summed E-state index contributed by atoms with van der Waals surface area (Å²) in [6.07, 6.45) is 0. The Hall–Kier alpha value is -0.820. The second-order valence-corrected chi connectivity index (χ2v) is 6.14. The standard InChI is InChI=1S/C10H15ClN2O3S/c1-13(2)17(14,15)9-5-8(11)4-7(6-12)10(9)16-3/h4-5H,6,12H2,1-3H3. The number of methoxy groups -OCH3 is 1. The first kappa shape index (κ1) is 14.2. The van der Waals surface area contributed by atoms with E-state index in [0.717, 1.165) is 4.31 Å². The van der Waals surface area contributed by atoms with Crippen molar-refractivity contribution in [2.45, 2.75) is 11.4 Å². The van der Waals surface area contributed by atoms with E-state index in [1.807, 2.05) is 0 Å². The summed E-state index contributed by atoms with van der Waals surface area (Å²) in [6, 6.07) is 2.95. The molecule has 0 atom stereocenters. The molecule has 0 saturated carbocycles. The van der Waals surface area contributed by atoms with E-state index in [0.29, 0.717) is 10.6 Å². The molecule has 2 N–H and O–H groups in total. The topological polar surface area (TPSA) is 72.6 Å². The number of ether oxygens (including phenoxy) is 1. The van der Waals surface area contributed by atoms with Gasteiger partial charge in [0.2, 0.25) is 10.0 Å². The minimum atomic E-state index is -3.61. The van der Waals surface area contributed by atoms with Gasteiger partial charge in [0.15, 0.2) is 0 Å². The molecule has 0 bridgehead atoms. The number of halogens is 1. The molecule has 0 radical (unpaired) electrons. The highest BCUT2D eigenvalue weighted by atomic mass is 35.5. The van der Waals surface area contributed by atoms with Gasteiger partial charge in [-0.15, -0.1) is 0 Å². The van der Waals surface area contributed by atoms with E-state index >= 15 is 0 Å². The maximum Gasteiger partial charge on any atom is 0.246 e. The molecule has 96 valence electrons. The number of hydrogen-bond acceptors (Lipinski definition) is 4. The molecule has 0 aliphatic carbocycles. The van der Waals surface area contributed by atoms with Gasteiger partial charge in [0, 0.05) is 31.2 Å². The van der Waals surface area contributed by atoms with Gasteiger partial charge in [-0.2, -0.15) is 0 Å². The molecule has 0 unspecified atom stereocenters. The number of rotatable bonds is 4. The molecule has 0 saturated heterocycles. The third kappa shape index (κ3) is 2.71. The molecule has 7 heteroatoms. The Morgan fingerprint density at radius 3 is 2.41 bits per heavy atom. The van der Waals surface area contributed by atoms with Gasteiger partial charge in [-0.25, -0.2) is 12.7 Å². The third-order valence-corrected chi connectivity index (χ3v) is 4.32. The highest BCUT2D eigenvalue weighted by Crippen LogP contribution is 2.32. The predicted octanol–water partition coefficient (Wildman–Crippen LogP) is 1.06. The summed E-state index contributed by atoms with van der Waals surface area (Å²) in [4.78, 5) is 0.0259. The molecular formula is C10H15ClN2O3S. The fourth-order valence-corrected chi connectivity index (χ4v) is 2.82. The molecular weight excluding hydrogens is 264 g/mol. The van der Waals surface area contributed by atoms with Crippen LogP contribution in [0.1, 0.15) is 5.56 Å². The van der Waals surface area contributed by atoms with Gasteiger partial charge in [-0.3, -0.25) is 0 Å². The lowest BCUT2D eigenvalue weighted by Crippen LogP contribution is -2.23. The Bertz CT molecular complexity index is 515. The second-order valence-electron chi connectivity index (χ2n) is 3.59. The van der Waals surface area contributed by atoms with Gasteiger partial charge in [0.05, 0.1) is 7.11 Å². The summed E-state index contributed by atoms with van der Waals surface area (Å²) in [6.45, 7) is 0.152. The first-order valence-electron chi connectivity index (χ1n) is 4.83. The molecule has 0 amide bonds. The Balaban J connectivity index is 3.58. The van der Waals surface area contributed by atoms with Gasteiger partial charge in [-0.05, 0) is 12.1 Å². The molecule has 1 rings (SSSR count). The van der Waals surface area contributed by atoms with Crippen molar-refractivity contribution in [1.82, 2.24) is 4.31 Å². The van der Waals surface area contributed by atoms with Crippen molar-refractivity contribution in [3.63, 3.8) is 0 Å². The van der Waals surface area contributed by atoms with Gasteiger partial charge in [-0.1, -0.05) is 11.6 Å². The Labute approximate surface area is 106 Å². The van der Waals surface area contributed by atoms with Crippen LogP contribution < -0.4 is 10.5 Å². The number of benzene rings is 1. The molecule has 0 aromatic heterocycles. The van der Waals surface area contributed by atoms with Crippen LogP contribution in [0.3, 0.4) is 0 Å². The molecule has 1 aromatic rings. The number of nitrogens with two attached hydrogens (primary N) is 1. The molecule has 17 heavy (non-hydrogen) atoms.